The predicted octanol–water partition coefficient (Wildman–Crippen LogP) is 3.28. The third-order valence-electron chi connectivity index (χ3n) is 3.29. The number of carbonyl (C=O) groups is 1. The summed E-state index contributed by atoms with van der Waals surface area (Å²) >= 11 is 0. The van der Waals surface area contributed by atoms with Crippen molar-refractivity contribution in [3.8, 4) is 16.9 Å². The van der Waals surface area contributed by atoms with E-state index in [4.69, 9.17) is 9.15 Å². The quantitative estimate of drug-likeness (QED) is 0.545. The molecule has 104 valence electrons. The van der Waals surface area contributed by atoms with Crippen molar-refractivity contribution in [1.82, 2.24) is 0 Å². The standard InChI is InChI=1S/C17H12O4/c1-20-14-5-3-12(4-6-14)15-9-13-8-11(10-18)2-7-16(13)21-17(15)19/h2-10H,1H3. The van der Waals surface area contributed by atoms with Crippen molar-refractivity contribution in [2.75, 3.05) is 7.11 Å². The second-order valence-corrected chi connectivity index (χ2v) is 4.59. The molecule has 0 unspecified atom stereocenters. The van der Waals surface area contributed by atoms with E-state index in [1.807, 2.05) is 0 Å². The Morgan fingerprint density at radius 1 is 1.05 bits per heavy atom. The number of fused-ring (bicyclic) bond motifs is 1. The van der Waals surface area contributed by atoms with Crippen LogP contribution >= 0.6 is 0 Å². The monoisotopic (exact) mass is 280 g/mol. The Kier molecular flexibility index (Phi) is 3.28. The number of hydrogen-bond acceptors (Lipinski definition) is 4. The summed E-state index contributed by atoms with van der Waals surface area (Å²) in [7, 11) is 1.58. The Labute approximate surface area is 120 Å². The molecule has 0 fully saturated rings. The Morgan fingerprint density at radius 3 is 2.48 bits per heavy atom. The Balaban J connectivity index is 2.18. The van der Waals surface area contributed by atoms with Crippen LogP contribution in [0.2, 0.25) is 0 Å². The van der Waals surface area contributed by atoms with Crippen molar-refractivity contribution in [3.63, 3.8) is 0 Å². The number of ether oxygens (including phenoxy) is 1. The van der Waals surface area contributed by atoms with E-state index in [1.54, 1.807) is 55.6 Å². The van der Waals surface area contributed by atoms with Crippen molar-refractivity contribution < 1.29 is 13.9 Å². The molecule has 0 aliphatic heterocycles. The molecule has 0 aliphatic carbocycles. The molecule has 0 saturated heterocycles. The Bertz CT molecular complexity index is 860. The van der Waals surface area contributed by atoms with Crippen LogP contribution in [-0.2, 0) is 0 Å². The van der Waals surface area contributed by atoms with E-state index in [-0.39, 0.29) is 0 Å². The smallest absolute Gasteiger partial charge is 0.344 e. The molecule has 4 heteroatoms. The second-order valence-electron chi connectivity index (χ2n) is 4.59. The molecule has 3 rings (SSSR count). The Hall–Kier alpha value is -2.88. The fourth-order valence-electron chi connectivity index (χ4n) is 2.19. The topological polar surface area (TPSA) is 56.5 Å². The fourth-order valence-corrected chi connectivity index (χ4v) is 2.19. The molecule has 3 aromatic rings. The zero-order valence-corrected chi connectivity index (χ0v) is 11.3. The molecule has 4 nitrogen and oxygen atoms in total. The molecule has 1 aromatic heterocycles. The average molecular weight is 280 g/mol. The zero-order chi connectivity index (χ0) is 14.8. The summed E-state index contributed by atoms with van der Waals surface area (Å²) in [5.74, 6) is 0.715. The van der Waals surface area contributed by atoms with Gasteiger partial charge >= 0.3 is 5.63 Å². The van der Waals surface area contributed by atoms with Gasteiger partial charge in [0.1, 0.15) is 17.6 Å². The lowest BCUT2D eigenvalue weighted by molar-refractivity contribution is 0.112. The second kappa shape index (κ2) is 5.25. The molecule has 0 saturated carbocycles. The minimum atomic E-state index is -0.411. The van der Waals surface area contributed by atoms with Crippen molar-refractivity contribution in [3.05, 3.63) is 64.5 Å². The number of hydrogen-bond donors (Lipinski definition) is 0. The zero-order valence-electron chi connectivity index (χ0n) is 11.3. The predicted molar refractivity (Wildman–Crippen MR) is 79.9 cm³/mol. The van der Waals surface area contributed by atoms with Gasteiger partial charge < -0.3 is 9.15 Å². The molecule has 0 aliphatic rings. The van der Waals surface area contributed by atoms with Gasteiger partial charge in [-0.3, -0.25) is 4.79 Å². The number of aldehydes is 1. The molecule has 0 bridgehead atoms. The van der Waals surface area contributed by atoms with E-state index in [9.17, 15) is 9.59 Å². The normalized spacial score (nSPS) is 10.5. The van der Waals surface area contributed by atoms with Gasteiger partial charge in [-0.05, 0) is 42.0 Å². The van der Waals surface area contributed by atoms with E-state index >= 15 is 0 Å². The summed E-state index contributed by atoms with van der Waals surface area (Å²) in [6.07, 6.45) is 0.762. The summed E-state index contributed by atoms with van der Waals surface area (Å²) in [6, 6.07) is 13.8. The molecule has 0 radical (unpaired) electrons. The first-order valence-electron chi connectivity index (χ1n) is 6.39. The highest BCUT2D eigenvalue weighted by atomic mass is 16.5. The van der Waals surface area contributed by atoms with Gasteiger partial charge in [-0.1, -0.05) is 12.1 Å². The maximum atomic E-state index is 12.1. The van der Waals surface area contributed by atoms with Gasteiger partial charge in [-0.25, -0.2) is 4.79 Å². The average Bonchev–Trinajstić information content (AvgIpc) is 2.54. The van der Waals surface area contributed by atoms with Crippen LogP contribution in [0.1, 0.15) is 10.4 Å². The molecule has 0 amide bonds. The molecule has 21 heavy (non-hydrogen) atoms. The molecular formula is C17H12O4. The molecule has 0 spiro atoms. The van der Waals surface area contributed by atoms with Crippen LogP contribution in [0, 0.1) is 0 Å². The van der Waals surface area contributed by atoms with Gasteiger partial charge in [0.25, 0.3) is 0 Å². The highest BCUT2D eigenvalue weighted by molar-refractivity contribution is 5.87. The number of benzene rings is 2. The summed E-state index contributed by atoms with van der Waals surface area (Å²) in [6.45, 7) is 0. The maximum absolute atomic E-state index is 12.1. The third-order valence-corrected chi connectivity index (χ3v) is 3.29. The number of methoxy groups -OCH3 is 1. The van der Waals surface area contributed by atoms with Crippen molar-refractivity contribution >= 4 is 17.3 Å². The van der Waals surface area contributed by atoms with E-state index in [0.29, 0.717) is 27.8 Å². The molecule has 1 heterocycles. The van der Waals surface area contributed by atoms with Crippen LogP contribution in [0.15, 0.2) is 57.7 Å². The van der Waals surface area contributed by atoms with Gasteiger partial charge in [0, 0.05) is 10.9 Å². The largest absolute Gasteiger partial charge is 0.497 e. The van der Waals surface area contributed by atoms with Crippen molar-refractivity contribution in [2.24, 2.45) is 0 Å². The minimum absolute atomic E-state index is 0.411. The lowest BCUT2D eigenvalue weighted by Gasteiger charge is -2.04. The van der Waals surface area contributed by atoms with Gasteiger partial charge in [-0.15, -0.1) is 0 Å². The van der Waals surface area contributed by atoms with Crippen LogP contribution in [0.4, 0.5) is 0 Å². The van der Waals surface area contributed by atoms with Crippen LogP contribution in [0.25, 0.3) is 22.1 Å². The fraction of sp³-hybridized carbons (Fsp3) is 0.0588. The highest BCUT2D eigenvalue weighted by Gasteiger charge is 2.08. The van der Waals surface area contributed by atoms with Crippen LogP contribution in [-0.4, -0.2) is 13.4 Å². The number of carbonyl (C=O) groups excluding carboxylic acids is 1. The van der Waals surface area contributed by atoms with Gasteiger partial charge in [0.15, 0.2) is 0 Å². The van der Waals surface area contributed by atoms with E-state index in [2.05, 4.69) is 0 Å². The SMILES string of the molecule is COc1ccc(-c2cc3cc(C=O)ccc3oc2=O)cc1. The summed E-state index contributed by atoms with van der Waals surface area (Å²) < 4.78 is 10.4. The highest BCUT2D eigenvalue weighted by Crippen LogP contribution is 2.23. The van der Waals surface area contributed by atoms with E-state index < -0.39 is 5.63 Å². The first-order valence-corrected chi connectivity index (χ1v) is 6.39. The van der Waals surface area contributed by atoms with E-state index in [1.165, 1.54) is 0 Å². The lowest BCUT2D eigenvalue weighted by Crippen LogP contribution is -2.02. The Morgan fingerprint density at radius 2 is 1.81 bits per heavy atom. The maximum Gasteiger partial charge on any atom is 0.344 e. The van der Waals surface area contributed by atoms with Crippen LogP contribution < -0.4 is 10.4 Å². The first kappa shape index (κ1) is 13.1. The van der Waals surface area contributed by atoms with Crippen molar-refractivity contribution in [2.45, 2.75) is 0 Å². The molecular weight excluding hydrogens is 268 g/mol. The molecule has 0 N–H and O–H groups in total. The summed E-state index contributed by atoms with van der Waals surface area (Å²) in [5.41, 5.74) is 1.78. The molecule has 0 atom stereocenters. The lowest BCUT2D eigenvalue weighted by atomic mass is 10.0. The third kappa shape index (κ3) is 2.43. The minimum Gasteiger partial charge on any atom is -0.497 e. The molecule has 2 aromatic carbocycles. The van der Waals surface area contributed by atoms with Crippen LogP contribution in [0.5, 0.6) is 5.75 Å². The first-order chi connectivity index (χ1) is 10.2. The van der Waals surface area contributed by atoms with Gasteiger partial charge in [-0.2, -0.15) is 0 Å². The van der Waals surface area contributed by atoms with Crippen LogP contribution in [0.3, 0.4) is 0 Å². The number of rotatable bonds is 3. The summed E-state index contributed by atoms with van der Waals surface area (Å²) in [4.78, 5) is 22.9. The van der Waals surface area contributed by atoms with E-state index in [0.717, 1.165) is 11.8 Å². The van der Waals surface area contributed by atoms with Gasteiger partial charge in [0.2, 0.25) is 0 Å². The summed E-state index contributed by atoms with van der Waals surface area (Å²) in [5, 5.41) is 0.713. The van der Waals surface area contributed by atoms with Crippen molar-refractivity contribution in [1.29, 1.82) is 0 Å². The van der Waals surface area contributed by atoms with Gasteiger partial charge in [0.05, 0.1) is 12.7 Å².